The molecule has 4 N–H and O–H groups in total. The molecule has 6 nitrogen and oxygen atoms in total. The Balaban J connectivity index is 3.91. The van der Waals surface area contributed by atoms with Crippen LogP contribution in [0.3, 0.4) is 0 Å². The second-order valence-electron chi connectivity index (χ2n) is 1.22. The minimum atomic E-state index is -0.605. The van der Waals surface area contributed by atoms with Gasteiger partial charge in [-0.05, 0) is 0 Å². The number of hydrogen-bond donors (Lipinski definition) is 3. The van der Waals surface area contributed by atoms with Gasteiger partial charge in [-0.25, -0.2) is 5.84 Å². The van der Waals surface area contributed by atoms with Gasteiger partial charge in [-0.15, -0.1) is 0 Å². The first-order valence-corrected chi connectivity index (χ1v) is 2.20. The number of hydrogen-bond acceptors (Lipinski definition) is 5. The highest BCUT2D eigenvalue weighted by molar-refractivity contribution is 4.87. The van der Waals surface area contributed by atoms with Crippen LogP contribution in [0.25, 0.3) is 0 Å². The smallest absolute Gasteiger partial charge is 0.275 e. The van der Waals surface area contributed by atoms with Gasteiger partial charge in [0, 0.05) is 7.05 Å². The molecular weight excluding hydrogens is 124 g/mol. The molecule has 0 spiro atoms. The summed E-state index contributed by atoms with van der Waals surface area (Å²) in [6, 6.07) is 0. The molecule has 0 aliphatic rings. The zero-order chi connectivity index (χ0) is 7.28. The predicted octanol–water partition coefficient (Wildman–Crippen LogP) is -1.26. The maximum absolute atomic E-state index is 9.72. The van der Waals surface area contributed by atoms with E-state index in [4.69, 9.17) is 5.84 Å². The molecule has 0 unspecified atom stereocenters. The molecule has 0 bridgehead atoms. The molecule has 9 heavy (non-hydrogen) atoms. The standard InChI is InChI=1S/C3H8N4O2/c1-5-3(6-4)2-7(8)9/h2,5-6H,4H2,1H3/b3-2+. The molecule has 0 aliphatic carbocycles. The van der Waals surface area contributed by atoms with Crippen molar-refractivity contribution in [3.63, 3.8) is 0 Å². The summed E-state index contributed by atoms with van der Waals surface area (Å²) in [5.41, 5.74) is 2.09. The minimum Gasteiger partial charge on any atom is -0.369 e. The number of nitro groups is 1. The van der Waals surface area contributed by atoms with Crippen LogP contribution in [0.4, 0.5) is 0 Å². The zero-order valence-corrected chi connectivity index (χ0v) is 4.92. The van der Waals surface area contributed by atoms with Crippen LogP contribution in [0, 0.1) is 10.1 Å². The summed E-state index contributed by atoms with van der Waals surface area (Å²) in [6.07, 6.45) is 0.736. The SMILES string of the molecule is CN/C(=C\[N+](=O)[O-])NN. The van der Waals surface area contributed by atoms with Gasteiger partial charge in [0.05, 0.1) is 4.92 Å². The molecule has 0 radical (unpaired) electrons. The van der Waals surface area contributed by atoms with Crippen molar-refractivity contribution in [2.75, 3.05) is 7.05 Å². The lowest BCUT2D eigenvalue weighted by Crippen LogP contribution is -2.29. The molecule has 0 aromatic heterocycles. The van der Waals surface area contributed by atoms with Crippen LogP contribution in [0.15, 0.2) is 12.0 Å². The van der Waals surface area contributed by atoms with Crippen molar-refractivity contribution < 1.29 is 4.92 Å². The van der Waals surface area contributed by atoms with E-state index >= 15 is 0 Å². The predicted molar refractivity (Wildman–Crippen MR) is 31.5 cm³/mol. The van der Waals surface area contributed by atoms with Crippen molar-refractivity contribution in [3.8, 4) is 0 Å². The minimum absolute atomic E-state index is 0.167. The third-order valence-electron chi connectivity index (χ3n) is 0.659. The number of nitrogens with two attached hydrogens (primary N) is 1. The Morgan fingerprint density at radius 3 is 2.56 bits per heavy atom. The summed E-state index contributed by atoms with van der Waals surface area (Å²) in [6.45, 7) is 0. The van der Waals surface area contributed by atoms with Gasteiger partial charge < -0.3 is 10.7 Å². The van der Waals surface area contributed by atoms with E-state index < -0.39 is 4.92 Å². The molecule has 52 valence electrons. The summed E-state index contributed by atoms with van der Waals surface area (Å²) in [4.78, 5) is 9.12. The van der Waals surface area contributed by atoms with Gasteiger partial charge in [0.25, 0.3) is 6.20 Å². The van der Waals surface area contributed by atoms with Gasteiger partial charge in [0.1, 0.15) is 0 Å². The van der Waals surface area contributed by atoms with E-state index in [1.807, 2.05) is 0 Å². The fourth-order valence-corrected chi connectivity index (χ4v) is 0.279. The van der Waals surface area contributed by atoms with E-state index in [2.05, 4.69) is 10.7 Å². The molecule has 0 aromatic carbocycles. The second kappa shape index (κ2) is 3.67. The molecule has 0 aliphatic heterocycles. The number of nitrogens with one attached hydrogen (secondary N) is 2. The molecule has 0 aromatic rings. The van der Waals surface area contributed by atoms with Gasteiger partial charge >= 0.3 is 0 Å². The molecule has 0 fully saturated rings. The topological polar surface area (TPSA) is 93.2 Å². The quantitative estimate of drug-likeness (QED) is 0.253. The highest BCUT2D eigenvalue weighted by atomic mass is 16.6. The molecule has 0 atom stereocenters. The normalized spacial score (nSPS) is 10.7. The van der Waals surface area contributed by atoms with Crippen molar-refractivity contribution in [1.29, 1.82) is 0 Å². The van der Waals surface area contributed by atoms with Crippen LogP contribution in [-0.2, 0) is 0 Å². The van der Waals surface area contributed by atoms with Crippen molar-refractivity contribution >= 4 is 0 Å². The summed E-state index contributed by atoms with van der Waals surface area (Å²) in [7, 11) is 1.52. The van der Waals surface area contributed by atoms with E-state index in [0.717, 1.165) is 6.20 Å². The fourth-order valence-electron chi connectivity index (χ4n) is 0.279. The lowest BCUT2D eigenvalue weighted by atomic mass is 10.7. The zero-order valence-electron chi connectivity index (χ0n) is 4.92. The fraction of sp³-hybridized carbons (Fsp3) is 0.333. The summed E-state index contributed by atoms with van der Waals surface area (Å²) < 4.78 is 0. The maximum Gasteiger partial charge on any atom is 0.275 e. The van der Waals surface area contributed by atoms with E-state index in [1.165, 1.54) is 7.05 Å². The Labute approximate surface area is 51.8 Å². The van der Waals surface area contributed by atoms with Crippen molar-refractivity contribution in [3.05, 3.63) is 22.1 Å². The molecule has 0 rings (SSSR count). The van der Waals surface area contributed by atoms with Crippen LogP contribution in [0.1, 0.15) is 0 Å². The number of hydrazine groups is 1. The highest BCUT2D eigenvalue weighted by Crippen LogP contribution is 1.77. The van der Waals surface area contributed by atoms with Crippen LogP contribution in [0.2, 0.25) is 0 Å². The Bertz CT molecular complexity index is 126. The highest BCUT2D eigenvalue weighted by Gasteiger charge is 1.93. The molecule has 0 saturated heterocycles. The first kappa shape index (κ1) is 7.70. The van der Waals surface area contributed by atoms with Crippen LogP contribution in [0.5, 0.6) is 0 Å². The molecule has 6 heteroatoms. The van der Waals surface area contributed by atoms with E-state index in [9.17, 15) is 10.1 Å². The van der Waals surface area contributed by atoms with Gasteiger partial charge in [-0.2, -0.15) is 0 Å². The monoisotopic (exact) mass is 132 g/mol. The summed E-state index contributed by atoms with van der Waals surface area (Å²) >= 11 is 0. The Morgan fingerprint density at radius 1 is 1.89 bits per heavy atom. The number of nitrogens with zero attached hydrogens (tertiary/aromatic N) is 1. The Kier molecular flexibility index (Phi) is 3.14. The second-order valence-corrected chi connectivity index (χ2v) is 1.22. The largest absolute Gasteiger partial charge is 0.369 e. The van der Waals surface area contributed by atoms with E-state index in [0.29, 0.717) is 0 Å². The molecular formula is C3H8N4O2. The van der Waals surface area contributed by atoms with Gasteiger partial charge in [0.2, 0.25) is 0 Å². The van der Waals surface area contributed by atoms with Gasteiger partial charge in [0.15, 0.2) is 5.82 Å². The van der Waals surface area contributed by atoms with Crippen LogP contribution >= 0.6 is 0 Å². The van der Waals surface area contributed by atoms with E-state index in [1.54, 1.807) is 0 Å². The van der Waals surface area contributed by atoms with Gasteiger partial charge in [-0.1, -0.05) is 0 Å². The third kappa shape index (κ3) is 3.30. The Morgan fingerprint density at radius 2 is 2.44 bits per heavy atom. The first-order chi connectivity index (χ1) is 4.20. The summed E-state index contributed by atoms with van der Waals surface area (Å²) in [5, 5.41) is 12.2. The van der Waals surface area contributed by atoms with Crippen molar-refractivity contribution in [1.82, 2.24) is 10.7 Å². The molecule has 0 saturated carbocycles. The maximum atomic E-state index is 9.72. The average Bonchev–Trinajstić information content (AvgIpc) is 1.82. The van der Waals surface area contributed by atoms with Crippen molar-refractivity contribution in [2.45, 2.75) is 0 Å². The molecule has 0 heterocycles. The molecule has 0 amide bonds. The Hall–Kier alpha value is -1.30. The van der Waals surface area contributed by atoms with Crippen LogP contribution in [-0.4, -0.2) is 12.0 Å². The summed E-state index contributed by atoms with van der Waals surface area (Å²) in [5.74, 6) is 5.01. The van der Waals surface area contributed by atoms with Crippen LogP contribution < -0.4 is 16.6 Å². The van der Waals surface area contributed by atoms with E-state index in [-0.39, 0.29) is 5.82 Å². The number of rotatable bonds is 3. The average molecular weight is 132 g/mol. The lowest BCUT2D eigenvalue weighted by Gasteiger charge is -1.98. The third-order valence-corrected chi connectivity index (χ3v) is 0.659. The first-order valence-electron chi connectivity index (χ1n) is 2.20. The lowest BCUT2D eigenvalue weighted by molar-refractivity contribution is -0.404. The van der Waals surface area contributed by atoms with Crippen molar-refractivity contribution in [2.24, 2.45) is 5.84 Å². The van der Waals surface area contributed by atoms with Gasteiger partial charge in [-0.3, -0.25) is 10.1 Å².